The zero-order valence-electron chi connectivity index (χ0n) is 17.5. The summed E-state index contributed by atoms with van der Waals surface area (Å²) in [5, 5.41) is 20.9. The minimum absolute atomic E-state index is 0.102. The van der Waals surface area contributed by atoms with Gasteiger partial charge in [0, 0.05) is 34.3 Å². The fourth-order valence-corrected chi connectivity index (χ4v) is 5.59. The fourth-order valence-electron chi connectivity index (χ4n) is 5.59. The van der Waals surface area contributed by atoms with E-state index in [-0.39, 0.29) is 35.2 Å². The Morgan fingerprint density at radius 2 is 1.84 bits per heavy atom. The number of carbonyl (C=O) groups excluding carboxylic acids is 4. The zero-order chi connectivity index (χ0) is 22.9. The topological polar surface area (TPSA) is 121 Å². The number of allylic oxidation sites excluding steroid dienone is 6. The molecule has 1 saturated heterocycles. The van der Waals surface area contributed by atoms with Gasteiger partial charge >= 0.3 is 0 Å². The van der Waals surface area contributed by atoms with Crippen molar-refractivity contribution in [2.75, 3.05) is 7.11 Å². The van der Waals surface area contributed by atoms with Crippen LogP contribution in [0.15, 0.2) is 52.6 Å². The standard InChI is InChI=1S/C24H21NO7/c1-10-7-17(26)16-9-15-12(5-6-14-20(15)24(30)25(31)23(14)29)19(21(16)22(10)28)13-4-3-11(32-2)8-18(13)27/h3-5,7-8,14-15,19-20,27,31H,6,9H2,1-2H3/t14-,15+,19+,20-/m0/s1. The van der Waals surface area contributed by atoms with Crippen LogP contribution in [-0.4, -0.2) is 45.9 Å². The van der Waals surface area contributed by atoms with E-state index in [1.54, 1.807) is 19.1 Å². The molecule has 32 heavy (non-hydrogen) atoms. The Morgan fingerprint density at radius 3 is 2.53 bits per heavy atom. The Hall–Kier alpha value is -3.52. The van der Waals surface area contributed by atoms with Gasteiger partial charge in [0.05, 0.1) is 18.9 Å². The third kappa shape index (κ3) is 2.65. The van der Waals surface area contributed by atoms with Crippen LogP contribution in [0.2, 0.25) is 0 Å². The van der Waals surface area contributed by atoms with E-state index >= 15 is 0 Å². The number of phenols is 1. The third-order valence-electron chi connectivity index (χ3n) is 7.09. The second kappa shape index (κ2) is 7.00. The smallest absolute Gasteiger partial charge is 0.257 e. The number of hydrogen-bond acceptors (Lipinski definition) is 7. The molecule has 3 aliphatic carbocycles. The third-order valence-corrected chi connectivity index (χ3v) is 7.09. The molecule has 1 heterocycles. The zero-order valence-corrected chi connectivity index (χ0v) is 17.5. The molecule has 0 saturated carbocycles. The summed E-state index contributed by atoms with van der Waals surface area (Å²) in [5.41, 5.74) is 2.03. The van der Waals surface area contributed by atoms with Crippen LogP contribution < -0.4 is 4.74 Å². The summed E-state index contributed by atoms with van der Waals surface area (Å²) in [5.74, 6) is -4.43. The minimum atomic E-state index is -0.820. The SMILES string of the molecule is COc1ccc([C@H]2C3=CC[C@@H]4C(=O)N(O)C(=O)[C@@H]4[C@@H]3CC3=C2C(=O)C(C)=CC3=O)c(O)c1. The monoisotopic (exact) mass is 435 g/mol. The van der Waals surface area contributed by atoms with Gasteiger partial charge in [-0.1, -0.05) is 17.7 Å². The molecule has 1 aromatic carbocycles. The summed E-state index contributed by atoms with van der Waals surface area (Å²) in [6.45, 7) is 1.58. The van der Waals surface area contributed by atoms with Crippen molar-refractivity contribution in [2.24, 2.45) is 17.8 Å². The number of Topliss-reactive ketones (excluding diaryl/α,β-unsaturated/α-hetero) is 1. The summed E-state index contributed by atoms with van der Waals surface area (Å²) >= 11 is 0. The van der Waals surface area contributed by atoms with Crippen LogP contribution in [-0.2, 0) is 19.2 Å². The Kier molecular flexibility index (Phi) is 4.46. The first-order valence-corrected chi connectivity index (χ1v) is 10.4. The molecule has 1 fully saturated rings. The maximum Gasteiger partial charge on any atom is 0.257 e. The van der Waals surface area contributed by atoms with Gasteiger partial charge in [0.1, 0.15) is 11.5 Å². The first-order chi connectivity index (χ1) is 15.2. The molecular weight excluding hydrogens is 414 g/mol. The summed E-state index contributed by atoms with van der Waals surface area (Å²) in [4.78, 5) is 51.2. The molecule has 1 aromatic rings. The second-order valence-corrected chi connectivity index (χ2v) is 8.64. The van der Waals surface area contributed by atoms with E-state index in [0.29, 0.717) is 33.6 Å². The highest BCUT2D eigenvalue weighted by Crippen LogP contribution is 2.56. The molecule has 2 N–H and O–H groups in total. The molecule has 8 nitrogen and oxygen atoms in total. The molecule has 4 atom stereocenters. The quantitative estimate of drug-likeness (QED) is 0.316. The maximum atomic E-state index is 13.2. The van der Waals surface area contributed by atoms with Gasteiger partial charge in [0.25, 0.3) is 11.8 Å². The molecule has 4 aliphatic rings. The van der Waals surface area contributed by atoms with Crippen molar-refractivity contribution in [1.82, 2.24) is 5.06 Å². The molecule has 8 heteroatoms. The highest BCUT2D eigenvalue weighted by molar-refractivity contribution is 6.23. The predicted octanol–water partition coefficient (Wildman–Crippen LogP) is 2.22. The number of imide groups is 1. The summed E-state index contributed by atoms with van der Waals surface area (Å²) in [6, 6.07) is 4.73. The van der Waals surface area contributed by atoms with E-state index in [4.69, 9.17) is 4.74 Å². The molecule has 0 spiro atoms. The highest BCUT2D eigenvalue weighted by Gasteiger charge is 2.56. The molecule has 0 bridgehead atoms. The van der Waals surface area contributed by atoms with Crippen LogP contribution in [0.5, 0.6) is 11.5 Å². The number of ketones is 2. The molecule has 164 valence electrons. The molecule has 5 rings (SSSR count). The number of benzene rings is 1. The lowest BCUT2D eigenvalue weighted by Gasteiger charge is -2.42. The first kappa shape index (κ1) is 20.4. The number of nitrogens with zero attached hydrogens (tertiary/aromatic N) is 1. The number of carbonyl (C=O) groups is 4. The largest absolute Gasteiger partial charge is 0.507 e. The van der Waals surface area contributed by atoms with Crippen LogP contribution in [0.1, 0.15) is 31.2 Å². The number of rotatable bonds is 2. The minimum Gasteiger partial charge on any atom is -0.507 e. The van der Waals surface area contributed by atoms with Crippen LogP contribution in [0, 0.1) is 17.8 Å². The first-order valence-electron chi connectivity index (χ1n) is 10.4. The molecule has 1 aliphatic heterocycles. The molecule has 0 radical (unpaired) electrons. The van der Waals surface area contributed by atoms with Crippen LogP contribution in [0.4, 0.5) is 0 Å². The molecular formula is C24H21NO7. The van der Waals surface area contributed by atoms with Gasteiger partial charge in [0.15, 0.2) is 11.6 Å². The Morgan fingerprint density at radius 1 is 1.09 bits per heavy atom. The van der Waals surface area contributed by atoms with Crippen LogP contribution >= 0.6 is 0 Å². The highest BCUT2D eigenvalue weighted by atomic mass is 16.5. The number of hydrogen-bond donors (Lipinski definition) is 2. The number of aromatic hydroxyl groups is 1. The van der Waals surface area contributed by atoms with Crippen molar-refractivity contribution in [3.8, 4) is 11.5 Å². The lowest BCUT2D eigenvalue weighted by molar-refractivity contribution is -0.173. The van der Waals surface area contributed by atoms with Gasteiger partial charge in [-0.3, -0.25) is 24.4 Å². The number of amides is 2. The average Bonchev–Trinajstić information content (AvgIpc) is 3.00. The van der Waals surface area contributed by atoms with Crippen molar-refractivity contribution in [3.05, 3.63) is 58.2 Å². The van der Waals surface area contributed by atoms with E-state index < -0.39 is 35.5 Å². The van der Waals surface area contributed by atoms with Crippen molar-refractivity contribution in [2.45, 2.75) is 25.7 Å². The number of ether oxygens (including phenoxy) is 1. The van der Waals surface area contributed by atoms with Gasteiger partial charge in [-0.25, -0.2) is 0 Å². The van der Waals surface area contributed by atoms with Gasteiger partial charge in [0.2, 0.25) is 0 Å². The van der Waals surface area contributed by atoms with E-state index in [1.165, 1.54) is 19.3 Å². The number of fused-ring (bicyclic) bond motifs is 3. The number of phenolic OH excluding ortho intramolecular Hbond substituents is 1. The summed E-state index contributed by atoms with van der Waals surface area (Å²) < 4.78 is 5.17. The van der Waals surface area contributed by atoms with E-state index in [9.17, 15) is 29.5 Å². The second-order valence-electron chi connectivity index (χ2n) is 8.64. The van der Waals surface area contributed by atoms with Crippen LogP contribution in [0.25, 0.3) is 0 Å². The predicted molar refractivity (Wildman–Crippen MR) is 110 cm³/mol. The van der Waals surface area contributed by atoms with Crippen LogP contribution in [0.3, 0.4) is 0 Å². The molecule has 0 unspecified atom stereocenters. The van der Waals surface area contributed by atoms with Crippen molar-refractivity contribution in [1.29, 1.82) is 0 Å². The number of hydroxylamine groups is 2. The van der Waals surface area contributed by atoms with Gasteiger partial charge in [-0.15, -0.1) is 0 Å². The van der Waals surface area contributed by atoms with Gasteiger partial charge in [-0.05, 0) is 37.8 Å². The fraction of sp³-hybridized carbons (Fsp3) is 0.333. The Bertz CT molecular complexity index is 1200. The lowest BCUT2D eigenvalue weighted by Crippen LogP contribution is -2.39. The molecule has 2 amide bonds. The normalized spacial score (nSPS) is 29.4. The Balaban J connectivity index is 1.72. The lowest BCUT2D eigenvalue weighted by atomic mass is 9.59. The maximum absolute atomic E-state index is 13.2. The van der Waals surface area contributed by atoms with Gasteiger partial charge < -0.3 is 9.84 Å². The van der Waals surface area contributed by atoms with E-state index in [2.05, 4.69) is 0 Å². The van der Waals surface area contributed by atoms with Crippen molar-refractivity contribution >= 4 is 23.4 Å². The van der Waals surface area contributed by atoms with Crippen molar-refractivity contribution < 1.29 is 34.2 Å². The molecule has 0 aromatic heterocycles. The summed E-state index contributed by atoms with van der Waals surface area (Å²) in [6.07, 6.45) is 3.46. The number of methoxy groups -OCH3 is 1. The van der Waals surface area contributed by atoms with Gasteiger partial charge in [-0.2, -0.15) is 5.06 Å². The van der Waals surface area contributed by atoms with Crippen molar-refractivity contribution in [3.63, 3.8) is 0 Å². The average molecular weight is 435 g/mol. The summed E-state index contributed by atoms with van der Waals surface area (Å²) in [7, 11) is 1.47. The van der Waals surface area contributed by atoms with E-state index in [0.717, 1.165) is 0 Å². The van der Waals surface area contributed by atoms with E-state index in [1.807, 2.05) is 6.08 Å². The Labute approximate surface area is 183 Å².